The fourth-order valence-corrected chi connectivity index (χ4v) is 1.95. The molecule has 1 aromatic carbocycles. The van der Waals surface area contributed by atoms with Gasteiger partial charge in [0.1, 0.15) is 0 Å². The summed E-state index contributed by atoms with van der Waals surface area (Å²) in [5.41, 5.74) is 0.775. The molecule has 9 nitrogen and oxygen atoms in total. The van der Waals surface area contributed by atoms with Crippen molar-refractivity contribution in [3.63, 3.8) is 0 Å². The molecule has 0 saturated carbocycles. The Morgan fingerprint density at radius 2 is 1.50 bits per heavy atom. The highest BCUT2D eigenvalue weighted by molar-refractivity contribution is 6.30. The summed E-state index contributed by atoms with van der Waals surface area (Å²) in [5, 5.41) is 21.0. The summed E-state index contributed by atoms with van der Waals surface area (Å²) in [7, 11) is 7.45. The van der Waals surface area contributed by atoms with Crippen molar-refractivity contribution in [2.45, 2.75) is 12.3 Å². The molecule has 0 radical (unpaired) electrons. The van der Waals surface area contributed by atoms with Gasteiger partial charge in [-0.15, -0.1) is 0 Å². The number of aromatic nitrogens is 3. The fourth-order valence-electron chi connectivity index (χ4n) is 1.82. The maximum Gasteiger partial charge on any atom is 0.490 e. The topological polar surface area (TPSA) is 115 Å². The van der Waals surface area contributed by atoms with E-state index >= 15 is 0 Å². The molecule has 0 amide bonds. The van der Waals surface area contributed by atoms with Gasteiger partial charge in [-0.25, -0.2) is 4.79 Å². The zero-order valence-corrected chi connectivity index (χ0v) is 17.4. The number of nitrogens with one attached hydrogen (secondary N) is 1. The number of benzene rings is 1. The van der Waals surface area contributed by atoms with Crippen molar-refractivity contribution in [1.29, 1.82) is 0 Å². The maximum absolute atomic E-state index is 10.6. The van der Waals surface area contributed by atoms with E-state index in [1.54, 1.807) is 34.1 Å². The van der Waals surface area contributed by atoms with E-state index in [2.05, 4.69) is 20.3 Å². The molecule has 0 aliphatic heterocycles. The van der Waals surface area contributed by atoms with Crippen LogP contribution < -0.4 is 15.1 Å². The van der Waals surface area contributed by atoms with Crippen LogP contribution in [0.3, 0.4) is 0 Å². The van der Waals surface area contributed by atoms with Crippen LogP contribution in [0, 0.1) is 0 Å². The average Bonchev–Trinajstić information content (AvgIpc) is 2.66. The third-order valence-electron chi connectivity index (χ3n) is 3.36. The van der Waals surface area contributed by atoms with Gasteiger partial charge in [-0.05, 0) is 17.7 Å². The number of rotatable bonds is 6. The van der Waals surface area contributed by atoms with E-state index in [1.165, 1.54) is 0 Å². The van der Waals surface area contributed by atoms with Gasteiger partial charge in [0.25, 0.3) is 0 Å². The quantitative estimate of drug-likeness (QED) is 0.610. The van der Waals surface area contributed by atoms with Crippen molar-refractivity contribution in [2.75, 3.05) is 49.9 Å². The highest BCUT2D eigenvalue weighted by Gasteiger charge is 2.38. The Labute approximate surface area is 176 Å². The van der Waals surface area contributed by atoms with Crippen LogP contribution >= 0.6 is 11.6 Å². The summed E-state index contributed by atoms with van der Waals surface area (Å²) < 4.78 is 31.7. The van der Waals surface area contributed by atoms with E-state index in [9.17, 15) is 18.3 Å². The second-order valence-electron chi connectivity index (χ2n) is 6.30. The Hall–Kier alpha value is -2.86. The summed E-state index contributed by atoms with van der Waals surface area (Å²) in [6, 6.07) is 7.08. The molecule has 0 fully saturated rings. The number of nitrogens with zero attached hydrogens (tertiary/aromatic N) is 5. The molecule has 0 spiro atoms. The van der Waals surface area contributed by atoms with Gasteiger partial charge in [-0.2, -0.15) is 28.1 Å². The smallest absolute Gasteiger partial charge is 0.475 e. The highest BCUT2D eigenvalue weighted by Crippen LogP contribution is 2.18. The van der Waals surface area contributed by atoms with Crippen LogP contribution in [-0.2, 0) is 4.79 Å². The molecule has 1 atom stereocenters. The van der Waals surface area contributed by atoms with Crippen molar-refractivity contribution in [2.24, 2.45) is 0 Å². The highest BCUT2D eigenvalue weighted by atomic mass is 35.5. The molecule has 1 aromatic heterocycles. The lowest BCUT2D eigenvalue weighted by molar-refractivity contribution is -0.192. The van der Waals surface area contributed by atoms with Gasteiger partial charge in [0.05, 0.1) is 6.10 Å². The minimum atomic E-state index is -5.08. The van der Waals surface area contributed by atoms with Crippen LogP contribution in [0.4, 0.5) is 31.0 Å². The standard InChI is InChI=1S/C15H21ClN6O.C2HF3O2/c1-21(2)14-18-13(19-15(20-14)22(3)4)17-9-12(23)10-5-7-11(16)8-6-10;3-2(4,5)1(6)7/h5-8,12,23H,9H2,1-4H3,(H,17,18,19,20);(H,6,7)/t12-;/m0./s1. The van der Waals surface area contributed by atoms with Gasteiger partial charge in [0.2, 0.25) is 17.8 Å². The van der Waals surface area contributed by atoms with Crippen LogP contribution in [0.5, 0.6) is 0 Å². The number of aliphatic hydroxyl groups excluding tert-OH is 1. The van der Waals surface area contributed by atoms with E-state index in [0.717, 1.165) is 5.56 Å². The molecule has 1 heterocycles. The summed E-state index contributed by atoms with van der Waals surface area (Å²) in [5.74, 6) is -1.24. The SMILES string of the molecule is CN(C)c1nc(NC[C@H](O)c2ccc(Cl)cc2)nc(N(C)C)n1.O=C(O)C(F)(F)F. The number of aliphatic hydroxyl groups is 1. The van der Waals surface area contributed by atoms with Crippen molar-refractivity contribution in [1.82, 2.24) is 15.0 Å². The van der Waals surface area contributed by atoms with Crippen molar-refractivity contribution >= 4 is 35.4 Å². The Morgan fingerprint density at radius 1 is 1.07 bits per heavy atom. The number of hydrogen-bond acceptors (Lipinski definition) is 8. The van der Waals surface area contributed by atoms with Crippen LogP contribution in [0.15, 0.2) is 24.3 Å². The lowest BCUT2D eigenvalue weighted by atomic mass is 10.1. The first kappa shape index (κ1) is 25.2. The zero-order chi connectivity index (χ0) is 23.1. The minimum absolute atomic E-state index is 0.283. The molecule has 2 aromatic rings. The number of halogens is 4. The van der Waals surface area contributed by atoms with Crippen molar-refractivity contribution in [3.8, 4) is 0 Å². The number of carboxylic acids is 1. The Morgan fingerprint density at radius 3 is 1.87 bits per heavy atom. The van der Waals surface area contributed by atoms with E-state index in [0.29, 0.717) is 22.9 Å². The Kier molecular flexibility index (Phi) is 9.05. The lowest BCUT2D eigenvalue weighted by Gasteiger charge is -2.17. The van der Waals surface area contributed by atoms with Gasteiger partial charge in [0, 0.05) is 39.8 Å². The summed E-state index contributed by atoms with van der Waals surface area (Å²) >= 11 is 5.85. The predicted molar refractivity (Wildman–Crippen MR) is 107 cm³/mol. The number of carbonyl (C=O) groups is 1. The van der Waals surface area contributed by atoms with Gasteiger partial charge < -0.3 is 25.3 Å². The number of hydrogen-bond donors (Lipinski definition) is 3. The van der Waals surface area contributed by atoms with Gasteiger partial charge in [-0.3, -0.25) is 0 Å². The molecule has 30 heavy (non-hydrogen) atoms. The van der Waals surface area contributed by atoms with Crippen LogP contribution in [0.1, 0.15) is 11.7 Å². The first-order chi connectivity index (χ1) is 13.8. The first-order valence-electron chi connectivity index (χ1n) is 8.39. The second kappa shape index (κ2) is 10.8. The molecule has 0 aliphatic rings. The van der Waals surface area contributed by atoms with E-state index < -0.39 is 18.2 Å². The molecular weight excluding hydrogens is 429 g/mol. The Balaban J connectivity index is 0.000000553. The second-order valence-corrected chi connectivity index (χ2v) is 6.74. The third-order valence-corrected chi connectivity index (χ3v) is 3.61. The van der Waals surface area contributed by atoms with Gasteiger partial charge >= 0.3 is 12.1 Å². The van der Waals surface area contributed by atoms with Crippen molar-refractivity contribution in [3.05, 3.63) is 34.9 Å². The van der Waals surface area contributed by atoms with Gasteiger partial charge in [0.15, 0.2) is 0 Å². The minimum Gasteiger partial charge on any atom is -0.475 e. The monoisotopic (exact) mass is 450 g/mol. The Bertz CT molecular complexity index is 808. The molecule has 0 bridgehead atoms. The van der Waals surface area contributed by atoms with Crippen LogP contribution in [0.2, 0.25) is 5.02 Å². The summed E-state index contributed by atoms with van der Waals surface area (Å²) in [4.78, 5) is 25.5. The summed E-state index contributed by atoms with van der Waals surface area (Å²) in [6.07, 6.45) is -5.77. The number of alkyl halides is 3. The third kappa shape index (κ3) is 8.25. The number of carboxylic acid groups (broad SMARTS) is 1. The lowest BCUT2D eigenvalue weighted by Crippen LogP contribution is -2.21. The van der Waals surface area contributed by atoms with Gasteiger partial charge in [-0.1, -0.05) is 23.7 Å². The average molecular weight is 451 g/mol. The maximum atomic E-state index is 10.6. The molecule has 3 N–H and O–H groups in total. The fraction of sp³-hybridized carbons (Fsp3) is 0.412. The number of aliphatic carboxylic acids is 1. The molecule has 13 heteroatoms. The van der Waals surface area contributed by atoms with E-state index in [1.807, 2.05) is 28.2 Å². The molecule has 166 valence electrons. The largest absolute Gasteiger partial charge is 0.490 e. The normalized spacial score (nSPS) is 11.8. The molecule has 0 saturated heterocycles. The van der Waals surface area contributed by atoms with Crippen LogP contribution in [0.25, 0.3) is 0 Å². The zero-order valence-electron chi connectivity index (χ0n) is 16.6. The molecule has 0 aliphatic carbocycles. The molecule has 2 rings (SSSR count). The first-order valence-corrected chi connectivity index (χ1v) is 8.77. The molecule has 0 unspecified atom stereocenters. The van der Waals surface area contributed by atoms with Crippen LogP contribution in [-0.4, -0.2) is 72.0 Å². The van der Waals surface area contributed by atoms with E-state index in [-0.39, 0.29) is 6.54 Å². The van der Waals surface area contributed by atoms with Crippen molar-refractivity contribution < 1.29 is 28.2 Å². The summed E-state index contributed by atoms with van der Waals surface area (Å²) in [6.45, 7) is 0.283. The number of anilines is 3. The van der Waals surface area contributed by atoms with E-state index in [4.69, 9.17) is 21.5 Å². The predicted octanol–water partition coefficient (Wildman–Crippen LogP) is 2.44. The molecular formula is C17H22ClF3N6O3.